The Morgan fingerprint density at radius 2 is 2.18 bits per heavy atom. The fourth-order valence-electron chi connectivity index (χ4n) is 1.56. The number of aryl methyl sites for hydroxylation is 1. The Balaban J connectivity index is 1.97. The lowest BCUT2D eigenvalue weighted by molar-refractivity contribution is -0.137. The number of halogens is 3. The molecule has 2 aromatic rings. The van der Waals surface area contributed by atoms with Crippen LogP contribution in [-0.2, 0) is 6.18 Å². The molecule has 0 saturated heterocycles. The van der Waals surface area contributed by atoms with E-state index >= 15 is 0 Å². The summed E-state index contributed by atoms with van der Waals surface area (Å²) in [6, 6.07) is 4.71. The molecule has 1 N–H and O–H groups in total. The number of amides is 1. The first-order chi connectivity index (χ1) is 10.4. The Morgan fingerprint density at radius 1 is 1.41 bits per heavy atom. The van der Waals surface area contributed by atoms with Gasteiger partial charge in [-0.25, -0.2) is 0 Å². The normalized spacial score (nSPS) is 10.7. The van der Waals surface area contributed by atoms with Crippen molar-refractivity contribution in [3.05, 3.63) is 46.0 Å². The Labute approximate surface area is 128 Å². The van der Waals surface area contributed by atoms with Crippen molar-refractivity contribution in [3.63, 3.8) is 0 Å². The number of nitrogens with zero attached hydrogens (tertiary/aromatic N) is 2. The van der Waals surface area contributed by atoms with E-state index < -0.39 is 11.7 Å². The number of alkyl halides is 3. The highest BCUT2D eigenvalue weighted by Gasteiger charge is 2.30. The van der Waals surface area contributed by atoms with Gasteiger partial charge in [-0.3, -0.25) is 4.79 Å². The molecule has 0 aliphatic carbocycles. The van der Waals surface area contributed by atoms with Crippen molar-refractivity contribution in [1.29, 1.82) is 0 Å². The highest BCUT2D eigenvalue weighted by Crippen LogP contribution is 2.29. The van der Waals surface area contributed by atoms with Gasteiger partial charge in [0.1, 0.15) is 4.88 Å². The number of hydrogen-bond donors (Lipinski definition) is 1. The number of aromatic nitrogens is 2. The van der Waals surface area contributed by atoms with E-state index in [1.165, 1.54) is 12.1 Å². The van der Waals surface area contributed by atoms with Crippen LogP contribution in [0.5, 0.6) is 0 Å². The first-order valence-corrected chi connectivity index (χ1v) is 6.88. The lowest BCUT2D eigenvalue weighted by atomic mass is 10.1. The molecule has 0 atom stereocenters. The summed E-state index contributed by atoms with van der Waals surface area (Å²) >= 11 is 0.970. The largest absolute Gasteiger partial charge is 0.416 e. The average Bonchev–Trinajstić information content (AvgIpc) is 2.89. The van der Waals surface area contributed by atoms with Crippen molar-refractivity contribution in [1.82, 2.24) is 14.9 Å². The van der Waals surface area contributed by atoms with Gasteiger partial charge in [-0.2, -0.15) is 13.2 Å². The van der Waals surface area contributed by atoms with Crippen LogP contribution in [0.2, 0.25) is 0 Å². The fraction of sp³-hybridized carbons (Fsp3) is 0.214. The number of carbonyl (C=O) groups is 1. The quantitative estimate of drug-likeness (QED) is 0.864. The molecule has 8 heteroatoms. The van der Waals surface area contributed by atoms with Crippen LogP contribution in [0.1, 0.15) is 26.5 Å². The van der Waals surface area contributed by atoms with Crippen molar-refractivity contribution in [2.75, 3.05) is 6.54 Å². The molecule has 22 heavy (non-hydrogen) atoms. The van der Waals surface area contributed by atoms with Gasteiger partial charge in [0, 0.05) is 5.56 Å². The van der Waals surface area contributed by atoms with Crippen LogP contribution in [0.4, 0.5) is 13.2 Å². The predicted octanol–water partition coefficient (Wildman–Crippen LogP) is 2.65. The van der Waals surface area contributed by atoms with Crippen molar-refractivity contribution >= 4 is 17.4 Å². The van der Waals surface area contributed by atoms with Crippen LogP contribution in [-0.4, -0.2) is 22.0 Å². The van der Waals surface area contributed by atoms with Gasteiger partial charge in [0.2, 0.25) is 0 Å². The lowest BCUT2D eigenvalue weighted by Crippen LogP contribution is -2.23. The molecule has 0 bridgehead atoms. The Kier molecular flexibility index (Phi) is 4.78. The van der Waals surface area contributed by atoms with E-state index in [1.54, 1.807) is 6.92 Å². The van der Waals surface area contributed by atoms with E-state index in [0.29, 0.717) is 10.6 Å². The van der Waals surface area contributed by atoms with Crippen LogP contribution in [0.25, 0.3) is 0 Å². The van der Waals surface area contributed by atoms with Gasteiger partial charge in [0.25, 0.3) is 5.91 Å². The summed E-state index contributed by atoms with van der Waals surface area (Å²) in [6.45, 7) is 1.68. The molecular formula is C14H10F3N3OS. The third-order valence-corrected chi connectivity index (χ3v) is 3.44. The number of rotatable bonds is 2. The second-order valence-corrected chi connectivity index (χ2v) is 5.00. The standard InChI is InChI=1S/C14H10F3N3OS/c1-9-12(22-20-19-9)13(21)18-7-3-5-10-4-2-6-11(8-10)14(15,16)17/h2,4,6,8H,7H2,1H3,(H,18,21). The van der Waals surface area contributed by atoms with Gasteiger partial charge < -0.3 is 5.32 Å². The summed E-state index contributed by atoms with van der Waals surface area (Å²) < 4.78 is 41.3. The van der Waals surface area contributed by atoms with Gasteiger partial charge >= 0.3 is 6.18 Å². The molecule has 2 rings (SSSR count). The molecule has 1 heterocycles. The summed E-state index contributed by atoms with van der Waals surface area (Å²) in [5, 5.41) is 6.25. The minimum Gasteiger partial charge on any atom is -0.340 e. The van der Waals surface area contributed by atoms with E-state index in [0.717, 1.165) is 23.7 Å². The maximum absolute atomic E-state index is 12.5. The van der Waals surface area contributed by atoms with E-state index in [1.807, 2.05) is 0 Å². The maximum atomic E-state index is 12.5. The van der Waals surface area contributed by atoms with Gasteiger partial charge in [-0.1, -0.05) is 22.4 Å². The van der Waals surface area contributed by atoms with E-state index in [-0.39, 0.29) is 18.0 Å². The molecule has 114 valence electrons. The van der Waals surface area contributed by atoms with Gasteiger partial charge in [0.05, 0.1) is 17.8 Å². The lowest BCUT2D eigenvalue weighted by Gasteiger charge is -2.05. The molecule has 0 saturated carbocycles. The summed E-state index contributed by atoms with van der Waals surface area (Å²) in [5.74, 6) is 4.83. The second kappa shape index (κ2) is 6.58. The minimum atomic E-state index is -4.40. The predicted molar refractivity (Wildman–Crippen MR) is 75.3 cm³/mol. The minimum absolute atomic E-state index is 0.0203. The zero-order valence-electron chi connectivity index (χ0n) is 11.4. The number of carbonyl (C=O) groups excluding carboxylic acids is 1. The number of hydrogen-bond acceptors (Lipinski definition) is 4. The van der Waals surface area contributed by atoms with Crippen molar-refractivity contribution in [2.24, 2.45) is 0 Å². The van der Waals surface area contributed by atoms with E-state index in [9.17, 15) is 18.0 Å². The van der Waals surface area contributed by atoms with Crippen molar-refractivity contribution in [3.8, 4) is 11.8 Å². The van der Waals surface area contributed by atoms with Gasteiger partial charge in [-0.05, 0) is 36.7 Å². The Bertz CT molecular complexity index is 744. The van der Waals surface area contributed by atoms with Crippen LogP contribution < -0.4 is 5.32 Å². The van der Waals surface area contributed by atoms with Crippen LogP contribution in [0.15, 0.2) is 24.3 Å². The highest BCUT2D eigenvalue weighted by atomic mass is 32.1. The molecule has 0 aliphatic heterocycles. The van der Waals surface area contributed by atoms with Crippen molar-refractivity contribution in [2.45, 2.75) is 13.1 Å². The molecular weight excluding hydrogens is 315 g/mol. The molecule has 1 amide bonds. The number of nitrogens with one attached hydrogen (secondary N) is 1. The van der Waals surface area contributed by atoms with E-state index in [2.05, 4.69) is 26.7 Å². The van der Waals surface area contributed by atoms with Gasteiger partial charge in [0.15, 0.2) is 0 Å². The molecule has 0 aliphatic rings. The summed E-state index contributed by atoms with van der Waals surface area (Å²) in [4.78, 5) is 12.1. The van der Waals surface area contributed by atoms with Gasteiger partial charge in [-0.15, -0.1) is 5.10 Å². The molecule has 0 radical (unpaired) electrons. The Hall–Kier alpha value is -2.40. The third kappa shape index (κ3) is 4.05. The highest BCUT2D eigenvalue weighted by molar-refractivity contribution is 7.07. The third-order valence-electron chi connectivity index (χ3n) is 2.62. The topological polar surface area (TPSA) is 54.9 Å². The number of benzene rings is 1. The Morgan fingerprint density at radius 3 is 2.82 bits per heavy atom. The monoisotopic (exact) mass is 325 g/mol. The zero-order valence-corrected chi connectivity index (χ0v) is 12.2. The smallest absolute Gasteiger partial charge is 0.340 e. The summed E-state index contributed by atoms with van der Waals surface area (Å²) in [6.07, 6.45) is -4.40. The first kappa shape index (κ1) is 16.0. The average molecular weight is 325 g/mol. The van der Waals surface area contributed by atoms with Crippen LogP contribution >= 0.6 is 11.5 Å². The van der Waals surface area contributed by atoms with E-state index in [4.69, 9.17) is 0 Å². The maximum Gasteiger partial charge on any atom is 0.416 e. The molecule has 0 unspecified atom stereocenters. The zero-order chi connectivity index (χ0) is 16.2. The molecule has 1 aromatic carbocycles. The summed E-state index contributed by atoms with van der Waals surface area (Å²) in [7, 11) is 0. The van der Waals surface area contributed by atoms with Crippen molar-refractivity contribution < 1.29 is 18.0 Å². The molecule has 1 aromatic heterocycles. The van der Waals surface area contributed by atoms with Crippen LogP contribution in [0, 0.1) is 18.8 Å². The molecule has 0 spiro atoms. The summed E-state index contributed by atoms with van der Waals surface area (Å²) in [5.41, 5.74) is 0.00254. The SMILES string of the molecule is Cc1nnsc1C(=O)NCC#Cc1cccc(C(F)(F)F)c1. The molecule has 0 fully saturated rings. The van der Waals surface area contributed by atoms with Crippen LogP contribution in [0.3, 0.4) is 0 Å². The second-order valence-electron chi connectivity index (χ2n) is 4.25. The fourth-order valence-corrected chi connectivity index (χ4v) is 2.14. The first-order valence-electron chi connectivity index (χ1n) is 6.11. The molecule has 4 nitrogen and oxygen atoms in total.